The van der Waals surface area contributed by atoms with Crippen LogP contribution >= 0.6 is 0 Å². The maximum Gasteiger partial charge on any atom is 0.246 e. The van der Waals surface area contributed by atoms with Crippen molar-refractivity contribution in [3.63, 3.8) is 0 Å². The Bertz CT molecular complexity index is 327. The van der Waals surface area contributed by atoms with E-state index < -0.39 is 0 Å². The van der Waals surface area contributed by atoms with Crippen molar-refractivity contribution in [1.29, 1.82) is 0 Å². The first-order valence-electron chi connectivity index (χ1n) is 5.87. The number of nitrogens with zero attached hydrogens (tertiary/aromatic N) is 2. The highest BCUT2D eigenvalue weighted by atomic mass is 16.2. The predicted octanol–water partition coefficient (Wildman–Crippen LogP) is 0.784. The Labute approximate surface area is 95.9 Å². The fourth-order valence-corrected chi connectivity index (χ4v) is 2.46. The molecule has 2 saturated heterocycles. The first-order chi connectivity index (χ1) is 7.65. The molecule has 2 aliphatic rings. The minimum Gasteiger partial charge on any atom is -0.329 e. The maximum atomic E-state index is 12.2. The summed E-state index contributed by atoms with van der Waals surface area (Å²) in [5.74, 6) is 0.171. The van der Waals surface area contributed by atoms with Crippen LogP contribution in [-0.2, 0) is 9.59 Å². The van der Waals surface area contributed by atoms with Crippen LogP contribution in [0.15, 0.2) is 12.7 Å². The summed E-state index contributed by atoms with van der Waals surface area (Å²) in [6, 6.07) is -0.266. The van der Waals surface area contributed by atoms with Gasteiger partial charge in [-0.05, 0) is 26.2 Å². The molecule has 0 aromatic rings. The molecule has 0 N–H and O–H groups in total. The summed E-state index contributed by atoms with van der Waals surface area (Å²) in [5, 5.41) is 0. The summed E-state index contributed by atoms with van der Waals surface area (Å²) < 4.78 is 0. The Balaban J connectivity index is 2.19. The quantitative estimate of drug-likeness (QED) is 0.648. The molecule has 0 radical (unpaired) electrons. The van der Waals surface area contributed by atoms with Gasteiger partial charge >= 0.3 is 0 Å². The Morgan fingerprint density at radius 1 is 1.44 bits per heavy atom. The average Bonchev–Trinajstić information content (AvgIpc) is 2.33. The smallest absolute Gasteiger partial charge is 0.246 e. The van der Waals surface area contributed by atoms with E-state index in [-0.39, 0.29) is 30.4 Å². The molecule has 0 aromatic heterocycles. The van der Waals surface area contributed by atoms with Crippen LogP contribution in [0.5, 0.6) is 0 Å². The van der Waals surface area contributed by atoms with Gasteiger partial charge in [0.1, 0.15) is 12.6 Å². The van der Waals surface area contributed by atoms with E-state index in [2.05, 4.69) is 6.58 Å². The second-order valence-electron chi connectivity index (χ2n) is 4.54. The van der Waals surface area contributed by atoms with E-state index in [4.69, 9.17) is 0 Å². The standard InChI is InChI=1S/C12H18N2O2/c1-3-9(2)14-8-11(15)13-7-5-4-6-10(13)12(14)16/h3,9-10H,1,4-8H2,2H3. The lowest BCUT2D eigenvalue weighted by Gasteiger charge is -2.44. The number of rotatable bonds is 2. The number of piperazine rings is 1. The summed E-state index contributed by atoms with van der Waals surface area (Å²) in [7, 11) is 0. The molecular weight excluding hydrogens is 204 g/mol. The first kappa shape index (κ1) is 11.2. The molecule has 2 atom stereocenters. The number of amides is 2. The van der Waals surface area contributed by atoms with Crippen LogP contribution in [-0.4, -0.2) is 46.8 Å². The van der Waals surface area contributed by atoms with E-state index >= 15 is 0 Å². The molecule has 2 rings (SSSR count). The van der Waals surface area contributed by atoms with Crippen molar-refractivity contribution in [2.24, 2.45) is 0 Å². The molecule has 2 heterocycles. The van der Waals surface area contributed by atoms with Gasteiger partial charge in [-0.1, -0.05) is 6.08 Å². The Morgan fingerprint density at radius 2 is 2.19 bits per heavy atom. The van der Waals surface area contributed by atoms with Crippen LogP contribution in [0.25, 0.3) is 0 Å². The third-order valence-corrected chi connectivity index (χ3v) is 3.53. The van der Waals surface area contributed by atoms with Crippen LogP contribution in [0.4, 0.5) is 0 Å². The number of carbonyl (C=O) groups excluding carboxylic acids is 2. The van der Waals surface area contributed by atoms with Gasteiger partial charge in [0, 0.05) is 12.6 Å². The fourth-order valence-electron chi connectivity index (χ4n) is 2.46. The van der Waals surface area contributed by atoms with Gasteiger partial charge < -0.3 is 9.80 Å². The minimum absolute atomic E-state index is 0.0551. The summed E-state index contributed by atoms with van der Waals surface area (Å²) in [6.45, 7) is 6.53. The Hall–Kier alpha value is -1.32. The molecule has 16 heavy (non-hydrogen) atoms. The van der Waals surface area contributed by atoms with Crippen LogP contribution in [0.3, 0.4) is 0 Å². The molecule has 0 saturated carbocycles. The highest BCUT2D eigenvalue weighted by Gasteiger charge is 2.41. The normalized spacial score (nSPS) is 27.7. The largest absolute Gasteiger partial charge is 0.329 e. The van der Waals surface area contributed by atoms with Gasteiger partial charge in [0.15, 0.2) is 0 Å². The average molecular weight is 222 g/mol. The third-order valence-electron chi connectivity index (χ3n) is 3.53. The van der Waals surface area contributed by atoms with Crippen LogP contribution in [0.1, 0.15) is 26.2 Å². The van der Waals surface area contributed by atoms with Crippen molar-refractivity contribution in [3.05, 3.63) is 12.7 Å². The van der Waals surface area contributed by atoms with E-state index in [1.807, 2.05) is 6.92 Å². The van der Waals surface area contributed by atoms with E-state index in [0.717, 1.165) is 25.8 Å². The third kappa shape index (κ3) is 1.72. The molecule has 2 fully saturated rings. The molecule has 4 nitrogen and oxygen atoms in total. The topological polar surface area (TPSA) is 40.6 Å². The van der Waals surface area contributed by atoms with Crippen molar-refractivity contribution >= 4 is 11.8 Å². The fraction of sp³-hybridized carbons (Fsp3) is 0.667. The number of hydrogen-bond donors (Lipinski definition) is 0. The first-order valence-corrected chi connectivity index (χ1v) is 5.87. The lowest BCUT2D eigenvalue weighted by molar-refractivity contribution is -0.158. The zero-order valence-electron chi connectivity index (χ0n) is 9.69. The van der Waals surface area contributed by atoms with E-state index in [9.17, 15) is 9.59 Å². The highest BCUT2D eigenvalue weighted by molar-refractivity contribution is 5.95. The predicted molar refractivity (Wildman–Crippen MR) is 60.7 cm³/mol. The van der Waals surface area contributed by atoms with Crippen molar-refractivity contribution in [2.75, 3.05) is 13.1 Å². The summed E-state index contributed by atoms with van der Waals surface area (Å²) in [5.41, 5.74) is 0. The van der Waals surface area contributed by atoms with Gasteiger partial charge in [-0.25, -0.2) is 0 Å². The van der Waals surface area contributed by atoms with Crippen LogP contribution in [0.2, 0.25) is 0 Å². The number of carbonyl (C=O) groups is 2. The monoisotopic (exact) mass is 222 g/mol. The van der Waals surface area contributed by atoms with Crippen molar-refractivity contribution < 1.29 is 9.59 Å². The minimum atomic E-state index is -0.211. The molecule has 0 spiro atoms. The highest BCUT2D eigenvalue weighted by Crippen LogP contribution is 2.24. The molecule has 88 valence electrons. The Morgan fingerprint density at radius 3 is 2.88 bits per heavy atom. The molecule has 0 aromatic carbocycles. The zero-order valence-corrected chi connectivity index (χ0v) is 9.69. The molecule has 4 heteroatoms. The molecular formula is C12H18N2O2. The summed E-state index contributed by atoms with van der Waals surface area (Å²) in [6.07, 6.45) is 4.58. The SMILES string of the molecule is C=CC(C)N1CC(=O)N2CCCCC2C1=O. The van der Waals surface area contributed by atoms with Gasteiger partial charge in [-0.15, -0.1) is 6.58 Å². The summed E-state index contributed by atoms with van der Waals surface area (Å²) >= 11 is 0. The van der Waals surface area contributed by atoms with Crippen molar-refractivity contribution in [1.82, 2.24) is 9.80 Å². The van der Waals surface area contributed by atoms with Crippen LogP contribution < -0.4 is 0 Å². The number of hydrogen-bond acceptors (Lipinski definition) is 2. The van der Waals surface area contributed by atoms with Gasteiger partial charge in [-0.2, -0.15) is 0 Å². The summed E-state index contributed by atoms with van der Waals surface area (Å²) in [4.78, 5) is 27.5. The van der Waals surface area contributed by atoms with Gasteiger partial charge in [0.2, 0.25) is 11.8 Å². The van der Waals surface area contributed by atoms with Crippen molar-refractivity contribution in [2.45, 2.75) is 38.3 Å². The Kier molecular flexibility index (Phi) is 2.99. The van der Waals surface area contributed by atoms with E-state index in [0.29, 0.717) is 0 Å². The lowest BCUT2D eigenvalue weighted by atomic mass is 9.97. The number of piperidine rings is 1. The van der Waals surface area contributed by atoms with Gasteiger partial charge in [0.05, 0.1) is 0 Å². The van der Waals surface area contributed by atoms with Crippen molar-refractivity contribution in [3.8, 4) is 0 Å². The second kappa shape index (κ2) is 4.28. The molecule has 2 unspecified atom stereocenters. The molecule has 0 bridgehead atoms. The molecule has 0 aliphatic carbocycles. The number of fused-ring (bicyclic) bond motifs is 1. The van der Waals surface area contributed by atoms with E-state index in [1.165, 1.54) is 0 Å². The second-order valence-corrected chi connectivity index (χ2v) is 4.54. The van der Waals surface area contributed by atoms with Gasteiger partial charge in [-0.3, -0.25) is 9.59 Å². The zero-order chi connectivity index (χ0) is 11.7. The molecule has 2 amide bonds. The lowest BCUT2D eigenvalue weighted by Crippen LogP contribution is -2.62. The van der Waals surface area contributed by atoms with Crippen LogP contribution in [0, 0.1) is 0 Å². The maximum absolute atomic E-state index is 12.2. The van der Waals surface area contributed by atoms with E-state index in [1.54, 1.807) is 15.9 Å². The molecule has 2 aliphatic heterocycles. The van der Waals surface area contributed by atoms with Gasteiger partial charge in [0.25, 0.3) is 0 Å².